The number of methoxy groups -OCH3 is 1. The lowest BCUT2D eigenvalue weighted by Crippen LogP contribution is -2.57. The van der Waals surface area contributed by atoms with Gasteiger partial charge in [-0.25, -0.2) is 9.37 Å². The number of carbonyl (C=O) groups excluding carboxylic acids is 1. The highest BCUT2D eigenvalue weighted by Crippen LogP contribution is 2.22. The molecule has 1 aliphatic heterocycles. The number of rotatable bonds is 9. The second-order valence-electron chi connectivity index (χ2n) is 7.28. The molecule has 7 nitrogen and oxygen atoms in total. The maximum absolute atomic E-state index is 13.3. The molecule has 3 rings (SSSR count). The molecule has 1 aromatic heterocycles. The second kappa shape index (κ2) is 10.8. The summed E-state index contributed by atoms with van der Waals surface area (Å²) in [7, 11) is 1.58. The van der Waals surface area contributed by atoms with Gasteiger partial charge in [0.25, 0.3) is 5.91 Å². The zero-order chi connectivity index (χ0) is 22.2. The predicted octanol–water partition coefficient (Wildman–Crippen LogP) is 3.18. The van der Waals surface area contributed by atoms with E-state index in [1.807, 2.05) is 12.1 Å². The van der Waals surface area contributed by atoms with Crippen LogP contribution in [-0.4, -0.2) is 48.3 Å². The maximum Gasteiger partial charge on any atom is 0.263 e. The molecule has 0 spiro atoms. The van der Waals surface area contributed by atoms with E-state index in [2.05, 4.69) is 16.9 Å². The Kier molecular flexibility index (Phi) is 7.83. The first-order chi connectivity index (χ1) is 15.0. The van der Waals surface area contributed by atoms with Crippen molar-refractivity contribution in [2.75, 3.05) is 20.3 Å². The third-order valence-electron chi connectivity index (χ3n) is 5.15. The van der Waals surface area contributed by atoms with E-state index in [9.17, 15) is 9.18 Å². The van der Waals surface area contributed by atoms with Gasteiger partial charge in [0.15, 0.2) is 12.8 Å². The SMILES string of the molecule is C=CO[C@H]1C(NCc2cccc(OC)n2)CCCN1C(=O)COc1ccc(F)cc1C. The van der Waals surface area contributed by atoms with Gasteiger partial charge in [0, 0.05) is 19.2 Å². The third kappa shape index (κ3) is 5.95. The number of hydrogen-bond donors (Lipinski definition) is 1. The van der Waals surface area contributed by atoms with Crippen molar-refractivity contribution in [3.05, 3.63) is 66.3 Å². The van der Waals surface area contributed by atoms with E-state index in [0.29, 0.717) is 30.3 Å². The number of piperidine rings is 1. The minimum atomic E-state index is -0.512. The van der Waals surface area contributed by atoms with E-state index in [1.165, 1.54) is 24.5 Å². The van der Waals surface area contributed by atoms with Gasteiger partial charge in [0.05, 0.1) is 25.1 Å². The first kappa shape index (κ1) is 22.6. The van der Waals surface area contributed by atoms with Crippen LogP contribution in [0.15, 0.2) is 49.2 Å². The lowest BCUT2D eigenvalue weighted by Gasteiger charge is -2.40. The van der Waals surface area contributed by atoms with Crippen LogP contribution in [-0.2, 0) is 16.1 Å². The summed E-state index contributed by atoms with van der Waals surface area (Å²) in [6, 6.07) is 9.68. The van der Waals surface area contributed by atoms with E-state index in [-0.39, 0.29) is 24.4 Å². The molecule has 1 aliphatic rings. The Morgan fingerprint density at radius 1 is 1.39 bits per heavy atom. The molecule has 0 bridgehead atoms. The molecule has 1 fully saturated rings. The van der Waals surface area contributed by atoms with E-state index in [4.69, 9.17) is 14.2 Å². The Labute approximate surface area is 181 Å². The fourth-order valence-electron chi connectivity index (χ4n) is 3.61. The van der Waals surface area contributed by atoms with E-state index < -0.39 is 6.23 Å². The largest absolute Gasteiger partial charge is 0.483 e. The number of halogens is 1. The molecular formula is C23H28FN3O4. The Morgan fingerprint density at radius 2 is 2.23 bits per heavy atom. The topological polar surface area (TPSA) is 72.9 Å². The Bertz CT molecular complexity index is 908. The van der Waals surface area contributed by atoms with Crippen molar-refractivity contribution in [3.8, 4) is 11.6 Å². The maximum atomic E-state index is 13.3. The normalized spacial score (nSPS) is 18.4. The minimum Gasteiger partial charge on any atom is -0.483 e. The Morgan fingerprint density at radius 3 is 2.97 bits per heavy atom. The molecule has 0 radical (unpaired) electrons. The summed E-state index contributed by atoms with van der Waals surface area (Å²) in [6.07, 6.45) is 2.49. The highest BCUT2D eigenvalue weighted by atomic mass is 19.1. The molecule has 1 N–H and O–H groups in total. The van der Waals surface area contributed by atoms with Crippen LogP contribution in [0.3, 0.4) is 0 Å². The number of ether oxygens (including phenoxy) is 3. The quantitative estimate of drug-likeness (QED) is 0.618. The van der Waals surface area contributed by atoms with Crippen LogP contribution in [0.2, 0.25) is 0 Å². The van der Waals surface area contributed by atoms with Gasteiger partial charge in [0.1, 0.15) is 11.6 Å². The zero-order valence-electron chi connectivity index (χ0n) is 17.8. The molecule has 0 saturated carbocycles. The van der Waals surface area contributed by atoms with Crippen molar-refractivity contribution in [1.82, 2.24) is 15.2 Å². The summed E-state index contributed by atoms with van der Waals surface area (Å²) in [5.74, 6) is 0.478. The Balaban J connectivity index is 1.63. The van der Waals surface area contributed by atoms with Crippen molar-refractivity contribution >= 4 is 5.91 Å². The van der Waals surface area contributed by atoms with Crippen LogP contribution < -0.4 is 14.8 Å². The van der Waals surface area contributed by atoms with Gasteiger partial charge in [-0.1, -0.05) is 12.6 Å². The van der Waals surface area contributed by atoms with Crippen LogP contribution in [0.5, 0.6) is 11.6 Å². The fraction of sp³-hybridized carbons (Fsp3) is 0.391. The molecule has 2 atom stereocenters. The molecule has 1 aromatic carbocycles. The average molecular weight is 429 g/mol. The molecule has 2 heterocycles. The lowest BCUT2D eigenvalue weighted by molar-refractivity contribution is -0.150. The number of aryl methyl sites for hydroxylation is 1. The second-order valence-corrected chi connectivity index (χ2v) is 7.28. The number of hydrogen-bond acceptors (Lipinski definition) is 6. The van der Waals surface area contributed by atoms with Gasteiger partial charge >= 0.3 is 0 Å². The summed E-state index contributed by atoms with van der Waals surface area (Å²) in [5, 5.41) is 3.43. The summed E-state index contributed by atoms with van der Waals surface area (Å²) in [6.45, 7) is 6.29. The summed E-state index contributed by atoms with van der Waals surface area (Å²) < 4.78 is 29.8. The average Bonchev–Trinajstić information content (AvgIpc) is 2.78. The highest BCUT2D eigenvalue weighted by molar-refractivity contribution is 5.78. The number of pyridine rings is 1. The number of likely N-dealkylation sites (tertiary alicyclic amines) is 1. The van der Waals surface area contributed by atoms with Crippen molar-refractivity contribution in [1.29, 1.82) is 0 Å². The number of benzene rings is 1. The number of carbonyl (C=O) groups is 1. The van der Waals surface area contributed by atoms with E-state index in [0.717, 1.165) is 18.5 Å². The van der Waals surface area contributed by atoms with Gasteiger partial charge in [-0.15, -0.1) is 0 Å². The molecule has 8 heteroatoms. The van der Waals surface area contributed by atoms with Gasteiger partial charge in [0.2, 0.25) is 5.88 Å². The van der Waals surface area contributed by atoms with Crippen LogP contribution >= 0.6 is 0 Å². The van der Waals surface area contributed by atoms with Gasteiger partial charge in [-0.2, -0.15) is 0 Å². The lowest BCUT2D eigenvalue weighted by atomic mass is 10.0. The summed E-state index contributed by atoms with van der Waals surface area (Å²) in [4.78, 5) is 19.0. The molecule has 2 aromatic rings. The Hall–Kier alpha value is -3.13. The highest BCUT2D eigenvalue weighted by Gasteiger charge is 2.35. The third-order valence-corrected chi connectivity index (χ3v) is 5.15. The van der Waals surface area contributed by atoms with Crippen molar-refractivity contribution in [3.63, 3.8) is 0 Å². The summed E-state index contributed by atoms with van der Waals surface area (Å²) in [5.41, 5.74) is 1.46. The summed E-state index contributed by atoms with van der Waals surface area (Å²) >= 11 is 0. The molecule has 0 aliphatic carbocycles. The number of nitrogens with zero attached hydrogens (tertiary/aromatic N) is 2. The molecule has 1 amide bonds. The first-order valence-electron chi connectivity index (χ1n) is 10.2. The van der Waals surface area contributed by atoms with Crippen molar-refractivity contribution in [2.45, 2.75) is 38.6 Å². The van der Waals surface area contributed by atoms with Crippen molar-refractivity contribution < 1.29 is 23.4 Å². The minimum absolute atomic E-state index is 0.101. The van der Waals surface area contributed by atoms with Gasteiger partial charge < -0.3 is 24.4 Å². The van der Waals surface area contributed by atoms with Crippen molar-refractivity contribution in [2.24, 2.45) is 0 Å². The van der Waals surface area contributed by atoms with Gasteiger partial charge in [-0.05, 0) is 49.6 Å². The monoisotopic (exact) mass is 429 g/mol. The molecule has 31 heavy (non-hydrogen) atoms. The van der Waals surface area contributed by atoms with Crippen LogP contribution in [0, 0.1) is 12.7 Å². The predicted molar refractivity (Wildman–Crippen MR) is 114 cm³/mol. The first-order valence-corrected chi connectivity index (χ1v) is 10.2. The van der Waals surface area contributed by atoms with Gasteiger partial charge in [-0.3, -0.25) is 4.79 Å². The zero-order valence-corrected chi connectivity index (χ0v) is 17.8. The van der Waals surface area contributed by atoms with Crippen LogP contribution in [0.25, 0.3) is 0 Å². The molecule has 1 unspecified atom stereocenters. The number of nitrogens with one attached hydrogen (secondary N) is 1. The smallest absolute Gasteiger partial charge is 0.263 e. The van der Waals surface area contributed by atoms with E-state index >= 15 is 0 Å². The number of aromatic nitrogens is 1. The van der Waals surface area contributed by atoms with E-state index in [1.54, 1.807) is 25.0 Å². The van der Waals surface area contributed by atoms with Crippen LogP contribution in [0.1, 0.15) is 24.1 Å². The standard InChI is InChI=1S/C23H28FN3O4/c1-4-30-23-19(25-14-18-7-5-9-21(26-18)29-3)8-6-12-27(23)22(28)15-31-20-11-10-17(24)13-16(20)2/h4-5,7,9-11,13,19,23,25H,1,6,8,12,14-15H2,2-3H3/t19?,23-/m0/s1. The molecule has 166 valence electrons. The fourth-order valence-corrected chi connectivity index (χ4v) is 3.61. The molecular weight excluding hydrogens is 401 g/mol. The van der Waals surface area contributed by atoms with Crippen LogP contribution in [0.4, 0.5) is 4.39 Å². The molecule has 1 saturated heterocycles. The number of amides is 1.